The molecule has 1 aliphatic carbocycles. The van der Waals surface area contributed by atoms with Crippen LogP contribution in [0.4, 0.5) is 0 Å². The Balaban J connectivity index is 1.65. The van der Waals surface area contributed by atoms with Crippen LogP contribution in [0.1, 0.15) is 31.7 Å². The molecule has 0 aromatic heterocycles. The molecule has 1 saturated carbocycles. The Bertz CT molecular complexity index is 627. The maximum absolute atomic E-state index is 4.53. The Morgan fingerprint density at radius 3 is 2.73 bits per heavy atom. The lowest BCUT2D eigenvalue weighted by Gasteiger charge is -2.16. The number of rotatable bonds is 12. The van der Waals surface area contributed by atoms with E-state index >= 15 is 0 Å². The first-order chi connectivity index (χ1) is 12.7. The fourth-order valence-electron chi connectivity index (χ4n) is 2.62. The topological polar surface area (TPSA) is 40.0 Å². The minimum absolute atomic E-state index is 0.546. The minimum Gasteiger partial charge on any atom is -0.311 e. The van der Waals surface area contributed by atoms with Crippen LogP contribution in [-0.4, -0.2) is 50.6 Å². The predicted octanol–water partition coefficient (Wildman–Crippen LogP) is 3.86. The van der Waals surface area contributed by atoms with Gasteiger partial charge in [-0.05, 0) is 70.3 Å². The molecule has 0 atom stereocenters. The highest BCUT2D eigenvalue weighted by molar-refractivity contribution is 5.82. The van der Waals surface area contributed by atoms with Crippen LogP contribution in [-0.2, 0) is 6.54 Å². The summed E-state index contributed by atoms with van der Waals surface area (Å²) < 4.78 is 0. The van der Waals surface area contributed by atoms with Crippen molar-refractivity contribution in [3.8, 4) is 0 Å². The van der Waals surface area contributed by atoms with Crippen LogP contribution in [0, 0.1) is 0 Å². The van der Waals surface area contributed by atoms with Crippen LogP contribution < -0.4 is 5.32 Å². The molecule has 0 aliphatic heterocycles. The first-order valence-corrected chi connectivity index (χ1v) is 9.51. The molecule has 0 spiro atoms. The first-order valence-electron chi connectivity index (χ1n) is 9.51. The highest BCUT2D eigenvalue weighted by atomic mass is 15.1. The Kier molecular flexibility index (Phi) is 9.01. The molecule has 0 heterocycles. The molecule has 0 unspecified atom stereocenters. The van der Waals surface area contributed by atoms with Gasteiger partial charge in [-0.15, -0.1) is 0 Å². The van der Waals surface area contributed by atoms with Gasteiger partial charge in [-0.1, -0.05) is 36.4 Å². The van der Waals surface area contributed by atoms with Crippen molar-refractivity contribution in [2.24, 2.45) is 9.98 Å². The van der Waals surface area contributed by atoms with Crippen molar-refractivity contribution in [3.05, 3.63) is 59.3 Å². The van der Waals surface area contributed by atoms with Gasteiger partial charge in [0.15, 0.2) is 0 Å². The van der Waals surface area contributed by atoms with Gasteiger partial charge in [-0.3, -0.25) is 9.98 Å². The normalized spacial score (nSPS) is 15.8. The third kappa shape index (κ3) is 8.37. The van der Waals surface area contributed by atoms with Crippen molar-refractivity contribution in [2.45, 2.75) is 38.8 Å². The first kappa shape index (κ1) is 20.3. The van der Waals surface area contributed by atoms with E-state index in [9.17, 15) is 0 Å². The monoisotopic (exact) mass is 352 g/mol. The molecule has 0 saturated heterocycles. The standard InChI is InChI=1S/C22H32N4/c1-4-19(16-25-21-11-12-21)15-22(23-2)17-24-13-8-14-26(3)18-20-9-6-5-7-10-20/h4-7,9-10,15-16,21,24H,2,8,11-14,17-18H2,1,3H3/b19-4+,22-15-,25-16?. The average Bonchev–Trinajstić information content (AvgIpc) is 3.48. The van der Waals surface area contributed by atoms with E-state index in [4.69, 9.17) is 0 Å². The van der Waals surface area contributed by atoms with Crippen LogP contribution in [0.5, 0.6) is 0 Å². The molecule has 1 aromatic carbocycles. The SMILES string of the molecule is C=N/C(=C\C(C=NC1CC1)=C/C)CNCCCN(C)Cc1ccccc1. The van der Waals surface area contributed by atoms with Gasteiger partial charge in [-0.25, -0.2) is 0 Å². The molecule has 0 bridgehead atoms. The molecule has 140 valence electrons. The summed E-state index contributed by atoms with van der Waals surface area (Å²) in [4.78, 5) is 11.0. The van der Waals surface area contributed by atoms with Crippen molar-refractivity contribution in [1.82, 2.24) is 10.2 Å². The van der Waals surface area contributed by atoms with Crippen molar-refractivity contribution in [2.75, 3.05) is 26.7 Å². The van der Waals surface area contributed by atoms with Crippen LogP contribution in [0.15, 0.2) is 63.7 Å². The summed E-state index contributed by atoms with van der Waals surface area (Å²) in [5, 5.41) is 3.46. The second-order valence-corrected chi connectivity index (χ2v) is 6.85. The van der Waals surface area contributed by atoms with E-state index in [1.165, 1.54) is 18.4 Å². The molecule has 0 amide bonds. The van der Waals surface area contributed by atoms with E-state index in [1.54, 1.807) is 0 Å². The maximum atomic E-state index is 4.53. The number of hydrogen-bond acceptors (Lipinski definition) is 4. The van der Waals surface area contributed by atoms with E-state index in [-0.39, 0.29) is 0 Å². The highest BCUT2D eigenvalue weighted by Crippen LogP contribution is 2.23. The lowest BCUT2D eigenvalue weighted by Crippen LogP contribution is -2.24. The molecular weight excluding hydrogens is 320 g/mol. The van der Waals surface area contributed by atoms with E-state index in [2.05, 4.69) is 76.5 Å². The highest BCUT2D eigenvalue weighted by Gasteiger charge is 2.18. The van der Waals surface area contributed by atoms with Crippen LogP contribution in [0.25, 0.3) is 0 Å². The van der Waals surface area contributed by atoms with E-state index < -0.39 is 0 Å². The predicted molar refractivity (Wildman–Crippen MR) is 113 cm³/mol. The lowest BCUT2D eigenvalue weighted by molar-refractivity contribution is 0.320. The van der Waals surface area contributed by atoms with Gasteiger partial charge in [0.1, 0.15) is 0 Å². The summed E-state index contributed by atoms with van der Waals surface area (Å²) in [6.07, 6.45) is 9.64. The third-order valence-corrected chi connectivity index (χ3v) is 4.35. The number of hydrogen-bond donors (Lipinski definition) is 1. The van der Waals surface area contributed by atoms with Crippen molar-refractivity contribution in [1.29, 1.82) is 0 Å². The van der Waals surface area contributed by atoms with Gasteiger partial charge in [0, 0.05) is 19.3 Å². The molecule has 1 N–H and O–H groups in total. The lowest BCUT2D eigenvalue weighted by atomic mass is 10.2. The quantitative estimate of drug-likeness (QED) is 0.352. The summed E-state index contributed by atoms with van der Waals surface area (Å²) >= 11 is 0. The van der Waals surface area contributed by atoms with Gasteiger partial charge in [0.25, 0.3) is 0 Å². The van der Waals surface area contributed by atoms with E-state index in [0.29, 0.717) is 6.04 Å². The van der Waals surface area contributed by atoms with Gasteiger partial charge >= 0.3 is 0 Å². The molecule has 0 radical (unpaired) electrons. The molecule has 4 heteroatoms. The van der Waals surface area contributed by atoms with Crippen molar-refractivity contribution >= 4 is 12.9 Å². The van der Waals surface area contributed by atoms with Crippen molar-refractivity contribution < 1.29 is 0 Å². The third-order valence-electron chi connectivity index (χ3n) is 4.35. The van der Waals surface area contributed by atoms with Gasteiger partial charge in [0.05, 0.1) is 11.7 Å². The fourth-order valence-corrected chi connectivity index (χ4v) is 2.62. The van der Waals surface area contributed by atoms with E-state index in [0.717, 1.165) is 43.9 Å². The van der Waals surface area contributed by atoms with Gasteiger partial charge < -0.3 is 10.2 Å². The number of benzene rings is 1. The Morgan fingerprint density at radius 1 is 1.31 bits per heavy atom. The Hall–Kier alpha value is -2.04. The Labute approximate surface area is 158 Å². The largest absolute Gasteiger partial charge is 0.311 e. The summed E-state index contributed by atoms with van der Waals surface area (Å²) in [5.74, 6) is 0. The van der Waals surface area contributed by atoms with Crippen LogP contribution in [0.2, 0.25) is 0 Å². The van der Waals surface area contributed by atoms with Gasteiger partial charge in [-0.2, -0.15) is 0 Å². The van der Waals surface area contributed by atoms with Gasteiger partial charge in [0.2, 0.25) is 0 Å². The van der Waals surface area contributed by atoms with E-state index in [1.807, 2.05) is 13.1 Å². The number of aliphatic imine (C=N–C) groups is 2. The Morgan fingerprint density at radius 2 is 2.08 bits per heavy atom. The zero-order valence-corrected chi connectivity index (χ0v) is 16.2. The number of allylic oxidation sites excluding steroid dienone is 3. The van der Waals surface area contributed by atoms with Crippen LogP contribution in [0.3, 0.4) is 0 Å². The fraction of sp³-hybridized carbons (Fsp3) is 0.455. The molecule has 1 aliphatic rings. The second kappa shape index (κ2) is 11.6. The van der Waals surface area contributed by atoms with Crippen LogP contribution >= 0.6 is 0 Å². The smallest absolute Gasteiger partial charge is 0.0540 e. The molecular formula is C22H32N4. The molecule has 1 aromatic rings. The summed E-state index contributed by atoms with van der Waals surface area (Å²) in [5.41, 5.74) is 3.41. The second-order valence-electron chi connectivity index (χ2n) is 6.85. The number of nitrogens with one attached hydrogen (secondary N) is 1. The minimum atomic E-state index is 0.546. The average molecular weight is 353 g/mol. The summed E-state index contributed by atoms with van der Waals surface area (Å²) in [6.45, 7) is 9.48. The molecule has 4 nitrogen and oxygen atoms in total. The van der Waals surface area contributed by atoms with Crippen molar-refractivity contribution in [3.63, 3.8) is 0 Å². The zero-order valence-electron chi connectivity index (χ0n) is 16.2. The summed E-state index contributed by atoms with van der Waals surface area (Å²) in [6, 6.07) is 11.1. The molecule has 2 rings (SSSR count). The summed E-state index contributed by atoms with van der Waals surface area (Å²) in [7, 11) is 2.17. The zero-order chi connectivity index (χ0) is 18.6. The molecule has 1 fully saturated rings. The molecule has 26 heavy (non-hydrogen) atoms. The number of nitrogens with zero attached hydrogens (tertiary/aromatic N) is 3. The maximum Gasteiger partial charge on any atom is 0.0540 e.